The lowest BCUT2D eigenvalue weighted by atomic mass is 10.0. The summed E-state index contributed by atoms with van der Waals surface area (Å²) in [6, 6.07) is 17.1. The number of nitriles is 1. The molecule has 1 aliphatic heterocycles. The predicted molar refractivity (Wildman–Crippen MR) is 161 cm³/mol. The van der Waals surface area contributed by atoms with Gasteiger partial charge in [0.2, 0.25) is 0 Å². The molecule has 41 heavy (non-hydrogen) atoms. The molecule has 9 nitrogen and oxygen atoms in total. The molecule has 0 saturated heterocycles. The zero-order valence-electron chi connectivity index (χ0n) is 23.7. The van der Waals surface area contributed by atoms with Gasteiger partial charge in [-0.2, -0.15) is 10.4 Å². The van der Waals surface area contributed by atoms with Crippen molar-refractivity contribution in [3.63, 3.8) is 0 Å². The van der Waals surface area contributed by atoms with Crippen LogP contribution in [-0.2, 0) is 4.79 Å². The first-order chi connectivity index (χ1) is 19.8. The fourth-order valence-corrected chi connectivity index (χ4v) is 5.25. The molecule has 0 saturated carbocycles. The molecule has 0 unspecified atom stereocenters. The monoisotopic (exact) mass is 547 g/mol. The number of benzene rings is 2. The number of hydrogen-bond acceptors (Lipinski definition) is 5. The van der Waals surface area contributed by atoms with E-state index in [0.29, 0.717) is 23.2 Å². The maximum absolute atomic E-state index is 13.1. The zero-order chi connectivity index (χ0) is 29.1. The van der Waals surface area contributed by atoms with Crippen LogP contribution < -0.4 is 10.6 Å². The lowest BCUT2D eigenvalue weighted by molar-refractivity contribution is -0.110. The third-order valence-electron chi connectivity index (χ3n) is 7.58. The van der Waals surface area contributed by atoms with Crippen molar-refractivity contribution in [2.45, 2.75) is 27.7 Å². The maximum atomic E-state index is 13.1. The van der Waals surface area contributed by atoms with Crippen LogP contribution in [0.1, 0.15) is 52.3 Å². The number of carbonyl (C=O) groups is 2. The molecular weight excluding hydrogens is 514 g/mol. The third kappa shape index (κ3) is 5.42. The van der Waals surface area contributed by atoms with Gasteiger partial charge >= 0.3 is 0 Å². The quantitative estimate of drug-likeness (QED) is 0.257. The van der Waals surface area contributed by atoms with Gasteiger partial charge in [0.25, 0.3) is 11.8 Å². The van der Waals surface area contributed by atoms with E-state index in [1.807, 2.05) is 56.3 Å². The lowest BCUT2D eigenvalue weighted by Crippen LogP contribution is -2.35. The summed E-state index contributed by atoms with van der Waals surface area (Å²) in [5, 5.41) is 19.6. The summed E-state index contributed by atoms with van der Waals surface area (Å²) < 4.78 is 1.81. The van der Waals surface area contributed by atoms with Crippen molar-refractivity contribution in [1.29, 1.82) is 5.26 Å². The maximum Gasteiger partial charge on any atom is 0.256 e. The molecule has 1 aliphatic rings. The molecule has 3 heterocycles. The van der Waals surface area contributed by atoms with Crippen LogP contribution >= 0.6 is 0 Å². The number of amides is 2. The Balaban J connectivity index is 1.44. The molecule has 2 amide bonds. The average Bonchev–Trinajstić information content (AvgIpc) is 3.66. The molecule has 0 spiro atoms. The van der Waals surface area contributed by atoms with Crippen molar-refractivity contribution < 1.29 is 9.59 Å². The van der Waals surface area contributed by atoms with Gasteiger partial charge in [-0.3, -0.25) is 9.59 Å². The number of nitrogens with zero attached hydrogens (tertiary/aromatic N) is 4. The molecule has 0 aliphatic carbocycles. The van der Waals surface area contributed by atoms with Gasteiger partial charge in [0.05, 0.1) is 40.3 Å². The molecule has 4 aromatic rings. The summed E-state index contributed by atoms with van der Waals surface area (Å²) in [6.45, 7) is 11.2. The highest BCUT2D eigenvalue weighted by atomic mass is 16.2. The number of carbonyl (C=O) groups excluding carboxylic acids is 2. The van der Waals surface area contributed by atoms with Crippen LogP contribution in [-0.4, -0.2) is 57.7 Å². The van der Waals surface area contributed by atoms with Crippen LogP contribution in [0.3, 0.4) is 0 Å². The standard InChI is InChI=1S/C32H33N7O2/c1-5-38(6-2)16-15-34-32(41)30-20(3)28(36-21(30)4)18-26-25-17-23(9-12-27(25)37-31(26)40)29-13-14-35-39(29)24-10-7-22(19-33)8-11-24/h7-14,17-18,36H,5-6,15-16H2,1-4H3,(H,34,41)(H,37,40). The number of aromatic nitrogens is 3. The number of anilines is 1. The summed E-state index contributed by atoms with van der Waals surface area (Å²) in [7, 11) is 0. The van der Waals surface area contributed by atoms with Gasteiger partial charge in [0.1, 0.15) is 0 Å². The zero-order valence-corrected chi connectivity index (χ0v) is 23.7. The minimum absolute atomic E-state index is 0.123. The Morgan fingerprint density at radius 2 is 1.88 bits per heavy atom. The second kappa shape index (κ2) is 11.7. The molecular formula is C32H33N7O2. The number of rotatable bonds is 9. The predicted octanol–water partition coefficient (Wildman–Crippen LogP) is 4.92. The Hall–Kier alpha value is -4.94. The van der Waals surface area contributed by atoms with E-state index in [1.165, 1.54) is 0 Å². The van der Waals surface area contributed by atoms with Crippen molar-refractivity contribution in [3.05, 3.63) is 88.4 Å². The number of likely N-dealkylation sites (N-methyl/N-ethyl adjacent to an activating group) is 1. The first-order valence-electron chi connectivity index (χ1n) is 13.8. The number of hydrogen-bond donors (Lipinski definition) is 3. The second-order valence-electron chi connectivity index (χ2n) is 10.0. The van der Waals surface area contributed by atoms with Gasteiger partial charge in [-0.25, -0.2) is 4.68 Å². The normalized spacial score (nSPS) is 13.4. The molecule has 0 atom stereocenters. The highest BCUT2D eigenvalue weighted by molar-refractivity contribution is 6.35. The molecule has 5 rings (SSSR count). The van der Waals surface area contributed by atoms with Crippen LogP contribution in [0.15, 0.2) is 54.7 Å². The topological polar surface area (TPSA) is 119 Å². The summed E-state index contributed by atoms with van der Waals surface area (Å²) in [5.41, 5.74) is 8.06. The highest BCUT2D eigenvalue weighted by Gasteiger charge is 2.26. The van der Waals surface area contributed by atoms with Gasteiger partial charge in [-0.15, -0.1) is 0 Å². The summed E-state index contributed by atoms with van der Waals surface area (Å²) in [6.07, 6.45) is 3.54. The number of aromatic amines is 1. The van der Waals surface area contributed by atoms with E-state index in [1.54, 1.807) is 23.0 Å². The first-order valence-corrected chi connectivity index (χ1v) is 13.8. The molecule has 0 bridgehead atoms. The van der Waals surface area contributed by atoms with Crippen LogP contribution in [0.25, 0.3) is 28.6 Å². The lowest BCUT2D eigenvalue weighted by Gasteiger charge is -2.18. The minimum atomic E-state index is -0.199. The van der Waals surface area contributed by atoms with Gasteiger partial charge in [0, 0.05) is 41.3 Å². The molecule has 3 N–H and O–H groups in total. The van der Waals surface area contributed by atoms with Crippen molar-refractivity contribution >= 4 is 29.2 Å². The van der Waals surface area contributed by atoms with E-state index in [0.717, 1.165) is 64.8 Å². The van der Waals surface area contributed by atoms with E-state index < -0.39 is 0 Å². The number of fused-ring (bicyclic) bond motifs is 1. The van der Waals surface area contributed by atoms with E-state index in [4.69, 9.17) is 5.26 Å². The number of nitrogens with one attached hydrogen (secondary N) is 3. The van der Waals surface area contributed by atoms with Crippen LogP contribution in [0.5, 0.6) is 0 Å². The number of aryl methyl sites for hydroxylation is 1. The molecule has 208 valence electrons. The smallest absolute Gasteiger partial charge is 0.256 e. The SMILES string of the molecule is CCN(CC)CCNC(=O)c1c(C)[nH]c(C=C2C(=O)Nc3ccc(-c4ccnn4-c4ccc(C#N)cc4)cc32)c1C. The molecule has 2 aromatic heterocycles. The first kappa shape index (κ1) is 27.6. The molecule has 0 fully saturated rings. The van der Waals surface area contributed by atoms with Gasteiger partial charge in [-0.05, 0) is 81.0 Å². The Morgan fingerprint density at radius 1 is 1.12 bits per heavy atom. The summed E-state index contributed by atoms with van der Waals surface area (Å²) in [5.74, 6) is -0.322. The summed E-state index contributed by atoms with van der Waals surface area (Å²) in [4.78, 5) is 31.7. The fourth-order valence-electron chi connectivity index (χ4n) is 5.25. The average molecular weight is 548 g/mol. The Labute approximate surface area is 239 Å². The second-order valence-corrected chi connectivity index (χ2v) is 10.0. The van der Waals surface area contributed by atoms with E-state index in [-0.39, 0.29) is 11.8 Å². The largest absolute Gasteiger partial charge is 0.358 e. The van der Waals surface area contributed by atoms with Crippen molar-refractivity contribution in [2.24, 2.45) is 0 Å². The van der Waals surface area contributed by atoms with Gasteiger partial charge < -0.3 is 20.5 Å². The van der Waals surface area contributed by atoms with Crippen LogP contribution in [0.2, 0.25) is 0 Å². The Kier molecular flexibility index (Phi) is 7.86. The highest BCUT2D eigenvalue weighted by Crippen LogP contribution is 2.37. The molecule has 9 heteroatoms. The van der Waals surface area contributed by atoms with E-state index >= 15 is 0 Å². The van der Waals surface area contributed by atoms with Crippen molar-refractivity contribution in [1.82, 2.24) is 25.0 Å². The Morgan fingerprint density at radius 3 is 2.59 bits per heavy atom. The fraction of sp³-hybridized carbons (Fsp3) is 0.250. The number of H-pyrrole nitrogens is 1. The molecule has 2 aromatic carbocycles. The van der Waals surface area contributed by atoms with Gasteiger partial charge in [0.15, 0.2) is 0 Å². The summed E-state index contributed by atoms with van der Waals surface area (Å²) >= 11 is 0. The van der Waals surface area contributed by atoms with Crippen LogP contribution in [0, 0.1) is 25.2 Å². The van der Waals surface area contributed by atoms with Crippen LogP contribution in [0.4, 0.5) is 5.69 Å². The van der Waals surface area contributed by atoms with Crippen molar-refractivity contribution in [3.8, 4) is 23.0 Å². The van der Waals surface area contributed by atoms with E-state index in [2.05, 4.69) is 45.5 Å². The molecule has 0 radical (unpaired) electrons. The van der Waals surface area contributed by atoms with Crippen molar-refractivity contribution in [2.75, 3.05) is 31.5 Å². The van der Waals surface area contributed by atoms with E-state index in [9.17, 15) is 9.59 Å². The third-order valence-corrected chi connectivity index (χ3v) is 7.58. The van der Waals surface area contributed by atoms with Gasteiger partial charge in [-0.1, -0.05) is 19.9 Å². The minimum Gasteiger partial charge on any atom is -0.358 e. The Bertz CT molecular complexity index is 1680.